The highest BCUT2D eigenvalue weighted by molar-refractivity contribution is 8.00. The second-order valence-electron chi connectivity index (χ2n) is 6.87. The van der Waals surface area contributed by atoms with Gasteiger partial charge in [-0.25, -0.2) is 9.37 Å². The highest BCUT2D eigenvalue weighted by Crippen LogP contribution is 2.35. The SMILES string of the molecule is CC(C)OC(=O)CC(=O)CSc1nc(-c2cccs2)cc(-c2ccc(F)cc2)c1C#N. The van der Waals surface area contributed by atoms with E-state index in [1.54, 1.807) is 32.0 Å². The minimum Gasteiger partial charge on any atom is -0.463 e. The summed E-state index contributed by atoms with van der Waals surface area (Å²) in [6, 6.07) is 13.6. The van der Waals surface area contributed by atoms with E-state index >= 15 is 0 Å². The summed E-state index contributed by atoms with van der Waals surface area (Å²) in [7, 11) is 0. The number of ketones is 1. The van der Waals surface area contributed by atoms with Crippen LogP contribution in [0.1, 0.15) is 25.8 Å². The molecule has 31 heavy (non-hydrogen) atoms. The number of carbonyl (C=O) groups excluding carboxylic acids is 2. The number of rotatable bonds is 8. The number of halogens is 1. The lowest BCUT2D eigenvalue weighted by Gasteiger charge is -2.12. The van der Waals surface area contributed by atoms with Gasteiger partial charge < -0.3 is 4.74 Å². The third-order valence-electron chi connectivity index (χ3n) is 4.11. The van der Waals surface area contributed by atoms with Crippen molar-refractivity contribution in [2.75, 3.05) is 5.75 Å². The van der Waals surface area contributed by atoms with Crippen molar-refractivity contribution in [2.45, 2.75) is 31.4 Å². The summed E-state index contributed by atoms with van der Waals surface area (Å²) in [5.41, 5.74) is 2.24. The van der Waals surface area contributed by atoms with E-state index in [1.165, 1.54) is 23.5 Å². The van der Waals surface area contributed by atoms with Crippen LogP contribution in [-0.2, 0) is 14.3 Å². The highest BCUT2D eigenvalue weighted by Gasteiger charge is 2.19. The van der Waals surface area contributed by atoms with E-state index in [0.717, 1.165) is 16.6 Å². The van der Waals surface area contributed by atoms with Gasteiger partial charge in [-0.3, -0.25) is 9.59 Å². The molecule has 0 radical (unpaired) electrons. The molecule has 0 aliphatic rings. The fourth-order valence-electron chi connectivity index (χ4n) is 2.81. The summed E-state index contributed by atoms with van der Waals surface area (Å²) in [6.45, 7) is 3.43. The fourth-order valence-corrected chi connectivity index (χ4v) is 4.36. The molecular weight excluding hydrogens is 435 g/mol. The van der Waals surface area contributed by atoms with Crippen molar-refractivity contribution in [1.82, 2.24) is 4.98 Å². The Kier molecular flexibility index (Phi) is 7.55. The molecule has 1 aromatic carbocycles. The predicted molar refractivity (Wildman–Crippen MR) is 119 cm³/mol. The molecule has 0 saturated carbocycles. The molecule has 0 aliphatic heterocycles. The number of thioether (sulfide) groups is 1. The molecule has 0 N–H and O–H groups in total. The average Bonchev–Trinajstić information content (AvgIpc) is 3.26. The van der Waals surface area contributed by atoms with E-state index in [9.17, 15) is 19.2 Å². The molecule has 0 aliphatic carbocycles. The van der Waals surface area contributed by atoms with Gasteiger partial charge in [-0.2, -0.15) is 5.26 Å². The van der Waals surface area contributed by atoms with Crippen molar-refractivity contribution < 1.29 is 18.7 Å². The second-order valence-corrected chi connectivity index (χ2v) is 8.79. The standard InChI is InChI=1S/C23H19FN2O3S2/c1-14(2)29-22(28)10-17(27)13-31-23-19(12-25)18(15-5-7-16(24)8-6-15)11-20(26-23)21-4-3-9-30-21/h3-9,11,14H,10,13H2,1-2H3. The molecular formula is C23H19FN2O3S2. The number of ether oxygens (including phenoxy) is 1. The van der Waals surface area contributed by atoms with Gasteiger partial charge in [0, 0.05) is 5.56 Å². The third-order valence-corrected chi connectivity index (χ3v) is 6.03. The van der Waals surface area contributed by atoms with Crippen LogP contribution in [0.15, 0.2) is 52.9 Å². The number of nitrogens with zero attached hydrogens (tertiary/aromatic N) is 2. The number of aromatic nitrogens is 1. The van der Waals surface area contributed by atoms with Crippen LogP contribution in [0.5, 0.6) is 0 Å². The largest absolute Gasteiger partial charge is 0.463 e. The van der Waals surface area contributed by atoms with Gasteiger partial charge in [-0.1, -0.05) is 30.0 Å². The summed E-state index contributed by atoms with van der Waals surface area (Å²) in [4.78, 5) is 29.5. The smallest absolute Gasteiger partial charge is 0.313 e. The van der Waals surface area contributed by atoms with Gasteiger partial charge >= 0.3 is 5.97 Å². The Balaban J connectivity index is 1.93. The first-order valence-corrected chi connectivity index (χ1v) is 11.3. The van der Waals surface area contributed by atoms with E-state index in [-0.39, 0.29) is 29.9 Å². The van der Waals surface area contributed by atoms with E-state index in [4.69, 9.17) is 4.74 Å². The van der Waals surface area contributed by atoms with E-state index in [2.05, 4.69) is 11.1 Å². The van der Waals surface area contributed by atoms with Gasteiger partial charge in [0.1, 0.15) is 23.3 Å². The van der Waals surface area contributed by atoms with Gasteiger partial charge in [0.15, 0.2) is 5.78 Å². The Morgan fingerprint density at radius 3 is 2.61 bits per heavy atom. The van der Waals surface area contributed by atoms with E-state index < -0.39 is 5.97 Å². The first-order chi connectivity index (χ1) is 14.9. The summed E-state index contributed by atoms with van der Waals surface area (Å²) in [6.07, 6.45) is -0.622. The molecule has 0 saturated heterocycles. The summed E-state index contributed by atoms with van der Waals surface area (Å²) in [5, 5.41) is 12.1. The van der Waals surface area contributed by atoms with Gasteiger partial charge in [0.2, 0.25) is 0 Å². The molecule has 0 bridgehead atoms. The fraction of sp³-hybridized carbons (Fsp3) is 0.217. The van der Waals surface area contributed by atoms with Gasteiger partial charge in [-0.05, 0) is 49.1 Å². The maximum Gasteiger partial charge on any atom is 0.313 e. The summed E-state index contributed by atoms with van der Waals surface area (Å²) >= 11 is 2.60. The number of nitriles is 1. The first-order valence-electron chi connectivity index (χ1n) is 9.46. The lowest BCUT2D eigenvalue weighted by Crippen LogP contribution is -2.16. The molecule has 0 unspecified atom stereocenters. The predicted octanol–water partition coefficient (Wildman–Crippen LogP) is 5.49. The van der Waals surface area contributed by atoms with Crippen LogP contribution >= 0.6 is 23.1 Å². The van der Waals surface area contributed by atoms with Crippen LogP contribution in [0.3, 0.4) is 0 Å². The summed E-state index contributed by atoms with van der Waals surface area (Å²) < 4.78 is 18.4. The number of esters is 1. The number of Topliss-reactive ketones (excluding diaryl/α,β-unsaturated/α-hetero) is 1. The van der Waals surface area contributed by atoms with Gasteiger partial charge in [0.05, 0.1) is 28.0 Å². The molecule has 158 valence electrons. The van der Waals surface area contributed by atoms with Crippen LogP contribution in [0.25, 0.3) is 21.7 Å². The number of carbonyl (C=O) groups is 2. The summed E-state index contributed by atoms with van der Waals surface area (Å²) in [5.74, 6) is -1.28. The minimum atomic E-state index is -0.576. The van der Waals surface area contributed by atoms with Crippen LogP contribution in [0, 0.1) is 17.1 Å². The average molecular weight is 455 g/mol. The van der Waals surface area contributed by atoms with Crippen molar-refractivity contribution >= 4 is 34.9 Å². The van der Waals surface area contributed by atoms with Crippen LogP contribution in [-0.4, -0.2) is 28.6 Å². The van der Waals surface area contributed by atoms with E-state index in [1.807, 2.05) is 17.5 Å². The molecule has 3 rings (SSSR count). The normalized spacial score (nSPS) is 10.7. The topological polar surface area (TPSA) is 80.1 Å². The maximum absolute atomic E-state index is 13.4. The Morgan fingerprint density at radius 2 is 2.00 bits per heavy atom. The third kappa shape index (κ3) is 6.00. The number of thiophene rings is 1. The van der Waals surface area contributed by atoms with Gasteiger partial charge in [0.25, 0.3) is 0 Å². The van der Waals surface area contributed by atoms with Crippen LogP contribution < -0.4 is 0 Å². The van der Waals surface area contributed by atoms with Gasteiger partial charge in [-0.15, -0.1) is 11.3 Å². The zero-order chi connectivity index (χ0) is 22.4. The molecule has 0 spiro atoms. The second kappa shape index (κ2) is 10.3. The Labute approximate surface area is 187 Å². The Bertz CT molecular complexity index is 1120. The molecule has 2 aromatic heterocycles. The molecule has 3 aromatic rings. The lowest BCUT2D eigenvalue weighted by molar-refractivity contribution is -0.149. The molecule has 0 amide bonds. The zero-order valence-electron chi connectivity index (χ0n) is 16.9. The van der Waals surface area contributed by atoms with Crippen molar-refractivity contribution in [2.24, 2.45) is 0 Å². The molecule has 5 nitrogen and oxygen atoms in total. The molecule has 8 heteroatoms. The Morgan fingerprint density at radius 1 is 1.26 bits per heavy atom. The molecule has 0 atom stereocenters. The van der Waals surface area contributed by atoms with Crippen LogP contribution in [0.2, 0.25) is 0 Å². The number of pyridine rings is 1. The van der Waals surface area contributed by atoms with Crippen molar-refractivity contribution in [3.05, 3.63) is 59.2 Å². The molecule has 2 heterocycles. The molecule has 0 fully saturated rings. The quantitative estimate of drug-likeness (QED) is 0.254. The Hall–Kier alpha value is -3.02. The maximum atomic E-state index is 13.4. The van der Waals surface area contributed by atoms with Crippen molar-refractivity contribution in [3.8, 4) is 27.8 Å². The number of benzene rings is 1. The van der Waals surface area contributed by atoms with Crippen molar-refractivity contribution in [3.63, 3.8) is 0 Å². The first kappa shape index (κ1) is 22.7. The lowest BCUT2D eigenvalue weighted by atomic mass is 10.0. The van der Waals surface area contributed by atoms with Crippen LogP contribution in [0.4, 0.5) is 4.39 Å². The zero-order valence-corrected chi connectivity index (χ0v) is 18.6. The van der Waals surface area contributed by atoms with E-state index in [0.29, 0.717) is 27.4 Å². The minimum absolute atomic E-state index is 0.0222. The van der Waals surface area contributed by atoms with Crippen molar-refractivity contribution in [1.29, 1.82) is 5.26 Å². The highest BCUT2D eigenvalue weighted by atomic mass is 32.2. The number of hydrogen-bond donors (Lipinski definition) is 0. The monoisotopic (exact) mass is 454 g/mol. The number of hydrogen-bond acceptors (Lipinski definition) is 7.